The fraction of sp³-hybridized carbons (Fsp3) is 0.400. The van der Waals surface area contributed by atoms with Crippen LogP contribution in [0.4, 0.5) is 0 Å². The largest absolute Gasteiger partial charge is 0.493 e. The van der Waals surface area contributed by atoms with E-state index in [0.29, 0.717) is 17.9 Å². The Bertz CT molecular complexity index is 698. The van der Waals surface area contributed by atoms with Gasteiger partial charge in [0.2, 0.25) is 0 Å². The van der Waals surface area contributed by atoms with Crippen LogP contribution in [0, 0.1) is 5.92 Å². The van der Waals surface area contributed by atoms with Crippen LogP contribution in [-0.2, 0) is 0 Å². The molecule has 3 nitrogen and oxygen atoms in total. The monoisotopic (exact) mass is 309 g/mol. The van der Waals surface area contributed by atoms with Crippen molar-refractivity contribution in [1.29, 1.82) is 0 Å². The van der Waals surface area contributed by atoms with Gasteiger partial charge in [0.1, 0.15) is 0 Å². The van der Waals surface area contributed by atoms with Gasteiger partial charge in [0.25, 0.3) is 0 Å². The maximum atomic E-state index is 5.78. The quantitative estimate of drug-likeness (QED) is 0.933. The molecule has 4 rings (SSSR count). The van der Waals surface area contributed by atoms with Crippen LogP contribution in [0.3, 0.4) is 0 Å². The summed E-state index contributed by atoms with van der Waals surface area (Å²) >= 11 is 0. The fourth-order valence-corrected chi connectivity index (χ4v) is 4.46. The lowest BCUT2D eigenvalue weighted by Gasteiger charge is -2.31. The number of benzene rings is 2. The predicted octanol–water partition coefficient (Wildman–Crippen LogP) is 3.89. The number of hydrogen-bond donors (Lipinski definition) is 1. The van der Waals surface area contributed by atoms with Gasteiger partial charge in [-0.2, -0.15) is 0 Å². The average Bonchev–Trinajstić information content (AvgIpc) is 2.96. The second kappa shape index (κ2) is 5.89. The minimum atomic E-state index is 0.369. The van der Waals surface area contributed by atoms with Crippen molar-refractivity contribution in [3.63, 3.8) is 0 Å². The van der Waals surface area contributed by atoms with E-state index in [9.17, 15) is 0 Å². The maximum Gasteiger partial charge on any atom is 0.164 e. The van der Waals surface area contributed by atoms with Crippen LogP contribution >= 0.6 is 0 Å². The first kappa shape index (κ1) is 14.6. The van der Waals surface area contributed by atoms with E-state index in [4.69, 9.17) is 9.47 Å². The smallest absolute Gasteiger partial charge is 0.164 e. The molecule has 2 aromatic rings. The SMILES string of the molecule is COc1ccc2c(c1OC)C(c1ccccc1)C1CCCNC21. The first-order valence-electron chi connectivity index (χ1n) is 8.38. The van der Waals surface area contributed by atoms with Crippen LogP contribution < -0.4 is 14.8 Å². The summed E-state index contributed by atoms with van der Waals surface area (Å²) in [6, 6.07) is 15.5. The van der Waals surface area contributed by atoms with Crippen molar-refractivity contribution in [1.82, 2.24) is 5.32 Å². The molecular formula is C20H23NO2. The van der Waals surface area contributed by atoms with Crippen molar-refractivity contribution in [2.75, 3.05) is 20.8 Å². The third kappa shape index (κ3) is 2.22. The molecule has 1 saturated heterocycles. The van der Waals surface area contributed by atoms with Crippen LogP contribution in [0.2, 0.25) is 0 Å². The van der Waals surface area contributed by atoms with Crippen molar-refractivity contribution >= 4 is 0 Å². The summed E-state index contributed by atoms with van der Waals surface area (Å²) in [6.07, 6.45) is 2.48. The Morgan fingerprint density at radius 1 is 1.00 bits per heavy atom. The Balaban J connectivity index is 1.93. The van der Waals surface area contributed by atoms with E-state index in [-0.39, 0.29) is 0 Å². The molecule has 3 heteroatoms. The lowest BCUT2D eigenvalue weighted by Crippen LogP contribution is -2.32. The summed E-state index contributed by atoms with van der Waals surface area (Å²) < 4.78 is 11.3. The molecule has 0 radical (unpaired) electrons. The number of piperidine rings is 1. The highest BCUT2D eigenvalue weighted by atomic mass is 16.5. The van der Waals surface area contributed by atoms with Crippen molar-refractivity contribution in [2.45, 2.75) is 24.8 Å². The third-order valence-electron chi connectivity index (χ3n) is 5.36. The predicted molar refractivity (Wildman–Crippen MR) is 91.3 cm³/mol. The van der Waals surface area contributed by atoms with Crippen molar-refractivity contribution in [2.24, 2.45) is 5.92 Å². The van der Waals surface area contributed by atoms with Gasteiger partial charge in [0.15, 0.2) is 11.5 Å². The Labute approximate surface area is 137 Å². The number of hydrogen-bond acceptors (Lipinski definition) is 3. The molecule has 0 saturated carbocycles. The molecule has 3 unspecified atom stereocenters. The molecule has 1 aliphatic carbocycles. The molecule has 0 bridgehead atoms. The van der Waals surface area contributed by atoms with E-state index < -0.39 is 0 Å². The molecule has 0 amide bonds. The summed E-state index contributed by atoms with van der Waals surface area (Å²) in [7, 11) is 3.46. The van der Waals surface area contributed by atoms with E-state index in [1.54, 1.807) is 14.2 Å². The zero-order valence-electron chi connectivity index (χ0n) is 13.7. The second-order valence-electron chi connectivity index (χ2n) is 6.43. The molecule has 2 aliphatic rings. The zero-order chi connectivity index (χ0) is 15.8. The van der Waals surface area contributed by atoms with Crippen LogP contribution in [0.1, 0.15) is 41.5 Å². The van der Waals surface area contributed by atoms with Crippen LogP contribution in [0.5, 0.6) is 11.5 Å². The van der Waals surface area contributed by atoms with Gasteiger partial charge in [-0.05, 0) is 42.5 Å². The van der Waals surface area contributed by atoms with Crippen molar-refractivity contribution in [3.05, 3.63) is 59.2 Å². The molecular weight excluding hydrogens is 286 g/mol. The lowest BCUT2D eigenvalue weighted by molar-refractivity contribution is 0.285. The Morgan fingerprint density at radius 2 is 1.83 bits per heavy atom. The molecule has 1 N–H and O–H groups in total. The van der Waals surface area contributed by atoms with Crippen LogP contribution in [0.25, 0.3) is 0 Å². The number of fused-ring (bicyclic) bond motifs is 3. The minimum absolute atomic E-state index is 0.369. The van der Waals surface area contributed by atoms with Crippen molar-refractivity contribution in [3.8, 4) is 11.5 Å². The first-order chi connectivity index (χ1) is 11.3. The molecule has 120 valence electrons. The third-order valence-corrected chi connectivity index (χ3v) is 5.36. The van der Waals surface area contributed by atoms with E-state index in [1.807, 2.05) is 6.07 Å². The highest BCUT2D eigenvalue weighted by Gasteiger charge is 2.44. The number of methoxy groups -OCH3 is 2. The summed E-state index contributed by atoms with van der Waals surface area (Å²) in [6.45, 7) is 1.09. The van der Waals surface area contributed by atoms with Crippen LogP contribution in [-0.4, -0.2) is 20.8 Å². The van der Waals surface area contributed by atoms with Gasteiger partial charge in [-0.1, -0.05) is 36.4 Å². The second-order valence-corrected chi connectivity index (χ2v) is 6.43. The van der Waals surface area contributed by atoms with Gasteiger partial charge < -0.3 is 14.8 Å². The van der Waals surface area contributed by atoms with Gasteiger partial charge in [0.05, 0.1) is 14.2 Å². The molecule has 0 spiro atoms. The normalized spacial score (nSPS) is 25.6. The topological polar surface area (TPSA) is 30.5 Å². The number of rotatable bonds is 3. The van der Waals surface area contributed by atoms with E-state index in [1.165, 1.54) is 29.5 Å². The molecule has 2 aromatic carbocycles. The molecule has 1 fully saturated rings. The Morgan fingerprint density at radius 3 is 2.57 bits per heavy atom. The molecule has 3 atom stereocenters. The zero-order valence-corrected chi connectivity index (χ0v) is 13.7. The van der Waals surface area contributed by atoms with Crippen LogP contribution in [0.15, 0.2) is 42.5 Å². The molecule has 1 aliphatic heterocycles. The lowest BCUT2D eigenvalue weighted by atomic mass is 9.80. The van der Waals surface area contributed by atoms with Gasteiger partial charge in [0, 0.05) is 17.5 Å². The molecule has 0 aromatic heterocycles. The number of ether oxygens (including phenoxy) is 2. The van der Waals surface area contributed by atoms with Gasteiger partial charge in [-0.15, -0.1) is 0 Å². The average molecular weight is 309 g/mol. The van der Waals surface area contributed by atoms with E-state index in [0.717, 1.165) is 18.0 Å². The molecule has 1 heterocycles. The van der Waals surface area contributed by atoms with E-state index >= 15 is 0 Å². The first-order valence-corrected chi connectivity index (χ1v) is 8.38. The van der Waals surface area contributed by atoms with Crippen molar-refractivity contribution < 1.29 is 9.47 Å². The van der Waals surface area contributed by atoms with Gasteiger partial charge in [-0.25, -0.2) is 0 Å². The molecule has 23 heavy (non-hydrogen) atoms. The summed E-state index contributed by atoms with van der Waals surface area (Å²) in [5.74, 6) is 2.68. The minimum Gasteiger partial charge on any atom is -0.493 e. The van der Waals surface area contributed by atoms with E-state index in [2.05, 4.69) is 41.7 Å². The van der Waals surface area contributed by atoms with Gasteiger partial charge in [-0.3, -0.25) is 0 Å². The maximum absolute atomic E-state index is 5.78. The fourth-order valence-electron chi connectivity index (χ4n) is 4.46. The standard InChI is InChI=1S/C20H23NO2/c1-22-16-11-10-15-18(20(16)23-2)17(13-7-4-3-5-8-13)14-9-6-12-21-19(14)15/h3-5,7-8,10-11,14,17,19,21H,6,9,12H2,1-2H3. The highest BCUT2D eigenvalue weighted by molar-refractivity contribution is 5.59. The number of nitrogens with one attached hydrogen (secondary N) is 1. The van der Waals surface area contributed by atoms with Gasteiger partial charge >= 0.3 is 0 Å². The summed E-state index contributed by atoms with van der Waals surface area (Å²) in [5.41, 5.74) is 4.06. The highest BCUT2D eigenvalue weighted by Crippen LogP contribution is 2.56. The Kier molecular flexibility index (Phi) is 3.74. The Hall–Kier alpha value is -2.00. The summed E-state index contributed by atoms with van der Waals surface area (Å²) in [4.78, 5) is 0. The summed E-state index contributed by atoms with van der Waals surface area (Å²) in [5, 5.41) is 3.73.